The maximum absolute atomic E-state index is 12.1. The molecular formula is C22H28ClN3O3. The van der Waals surface area contributed by atoms with E-state index in [4.69, 9.17) is 21.1 Å². The minimum Gasteiger partial charge on any atom is -0.489 e. The quantitative estimate of drug-likeness (QED) is 0.666. The van der Waals surface area contributed by atoms with E-state index >= 15 is 0 Å². The maximum Gasteiger partial charge on any atom is 0.251 e. The molecule has 1 aromatic carbocycles. The zero-order valence-electron chi connectivity index (χ0n) is 17.0. The number of benzene rings is 1. The summed E-state index contributed by atoms with van der Waals surface area (Å²) < 4.78 is 11.0. The summed E-state index contributed by atoms with van der Waals surface area (Å²) in [6, 6.07) is 11.3. The molecule has 0 atom stereocenters. The number of methoxy groups -OCH3 is 1. The third-order valence-electron chi connectivity index (χ3n) is 4.95. The minimum absolute atomic E-state index is 0.121. The number of piperidine rings is 1. The Labute approximate surface area is 177 Å². The smallest absolute Gasteiger partial charge is 0.251 e. The maximum atomic E-state index is 12.1. The highest BCUT2D eigenvalue weighted by atomic mass is 35.5. The number of carbonyl (C=O) groups excluding carboxylic acids is 1. The lowest BCUT2D eigenvalue weighted by Crippen LogP contribution is -2.38. The first kappa shape index (κ1) is 21.6. The van der Waals surface area contributed by atoms with Crippen molar-refractivity contribution in [3.8, 4) is 5.75 Å². The monoisotopic (exact) mass is 417 g/mol. The Balaban J connectivity index is 1.49. The van der Waals surface area contributed by atoms with Crippen LogP contribution in [0, 0.1) is 6.92 Å². The third-order valence-corrected chi connectivity index (χ3v) is 5.24. The topological polar surface area (TPSA) is 63.7 Å². The Morgan fingerprint density at radius 2 is 2.07 bits per heavy atom. The molecule has 2 heterocycles. The van der Waals surface area contributed by atoms with E-state index in [1.54, 1.807) is 25.3 Å². The molecule has 0 unspecified atom stereocenters. The number of amides is 1. The molecule has 0 saturated carbocycles. The van der Waals surface area contributed by atoms with Gasteiger partial charge in [-0.15, -0.1) is 0 Å². The van der Waals surface area contributed by atoms with Crippen LogP contribution in [0.5, 0.6) is 5.75 Å². The first-order valence-electron chi connectivity index (χ1n) is 9.93. The van der Waals surface area contributed by atoms with Crippen LogP contribution in [0.25, 0.3) is 0 Å². The largest absolute Gasteiger partial charge is 0.489 e. The van der Waals surface area contributed by atoms with Crippen molar-refractivity contribution in [1.29, 1.82) is 0 Å². The lowest BCUT2D eigenvalue weighted by atomic mass is 10.1. The average Bonchev–Trinajstić information content (AvgIpc) is 2.71. The molecule has 1 fully saturated rings. The standard InChI is InChI=1S/C22H28ClN3O3/c1-16-4-3-5-18(25-16)15-26-11-8-19(9-12-26)29-21-7-6-17(14-20(21)23)22(27)24-10-13-28-2/h3-7,14,19H,8-13,15H2,1-2H3,(H,24,27). The van der Waals surface area contributed by atoms with Crippen LogP contribution in [0.4, 0.5) is 0 Å². The zero-order chi connectivity index (χ0) is 20.6. The second-order valence-electron chi connectivity index (χ2n) is 7.26. The molecule has 0 radical (unpaired) electrons. The Morgan fingerprint density at radius 3 is 2.76 bits per heavy atom. The van der Waals surface area contributed by atoms with Crippen molar-refractivity contribution in [3.63, 3.8) is 0 Å². The molecule has 6 nitrogen and oxygen atoms in total. The van der Waals surface area contributed by atoms with Crippen molar-refractivity contribution in [2.45, 2.75) is 32.4 Å². The third kappa shape index (κ3) is 6.42. The molecule has 29 heavy (non-hydrogen) atoms. The Kier molecular flexibility index (Phi) is 7.86. The number of carbonyl (C=O) groups is 1. The second-order valence-corrected chi connectivity index (χ2v) is 7.66. The van der Waals surface area contributed by atoms with Gasteiger partial charge in [-0.25, -0.2) is 0 Å². The summed E-state index contributed by atoms with van der Waals surface area (Å²) >= 11 is 6.36. The van der Waals surface area contributed by atoms with Crippen LogP contribution in [0.15, 0.2) is 36.4 Å². The van der Waals surface area contributed by atoms with Gasteiger partial charge in [0.25, 0.3) is 5.91 Å². The van der Waals surface area contributed by atoms with Crippen LogP contribution in [0.3, 0.4) is 0 Å². The Bertz CT molecular complexity index is 823. The summed E-state index contributed by atoms with van der Waals surface area (Å²) in [5, 5.41) is 3.24. The van der Waals surface area contributed by atoms with Gasteiger partial charge in [0.2, 0.25) is 0 Å². The minimum atomic E-state index is -0.173. The lowest BCUT2D eigenvalue weighted by molar-refractivity contribution is 0.0935. The van der Waals surface area contributed by atoms with E-state index in [1.807, 2.05) is 13.0 Å². The van der Waals surface area contributed by atoms with Crippen LogP contribution in [-0.2, 0) is 11.3 Å². The van der Waals surface area contributed by atoms with Crippen molar-refractivity contribution in [2.24, 2.45) is 0 Å². The molecule has 1 aliphatic heterocycles. The summed E-state index contributed by atoms with van der Waals surface area (Å²) in [5.74, 6) is 0.451. The van der Waals surface area contributed by atoms with Crippen molar-refractivity contribution >= 4 is 17.5 Å². The molecule has 1 aromatic heterocycles. The molecular weight excluding hydrogens is 390 g/mol. The van der Waals surface area contributed by atoms with Crippen LogP contribution >= 0.6 is 11.6 Å². The fourth-order valence-corrected chi connectivity index (χ4v) is 3.61. The number of pyridine rings is 1. The van der Waals surface area contributed by atoms with E-state index in [-0.39, 0.29) is 12.0 Å². The van der Waals surface area contributed by atoms with E-state index in [1.165, 1.54) is 0 Å². The van der Waals surface area contributed by atoms with E-state index in [0.29, 0.717) is 29.5 Å². The fourth-order valence-electron chi connectivity index (χ4n) is 3.39. The summed E-state index contributed by atoms with van der Waals surface area (Å²) in [4.78, 5) is 19.1. The fraction of sp³-hybridized carbons (Fsp3) is 0.455. The van der Waals surface area contributed by atoms with Crippen molar-refractivity contribution in [3.05, 3.63) is 58.4 Å². The summed E-state index contributed by atoms with van der Waals surface area (Å²) in [6.07, 6.45) is 1.98. The molecule has 0 aliphatic carbocycles. The van der Waals surface area contributed by atoms with E-state index in [2.05, 4.69) is 27.3 Å². The number of aromatic nitrogens is 1. The number of halogens is 1. The van der Waals surface area contributed by atoms with Crippen molar-refractivity contribution in [2.75, 3.05) is 33.4 Å². The number of nitrogens with one attached hydrogen (secondary N) is 1. The van der Waals surface area contributed by atoms with Gasteiger partial charge in [-0.1, -0.05) is 17.7 Å². The number of aryl methyl sites for hydroxylation is 1. The predicted molar refractivity (Wildman–Crippen MR) is 114 cm³/mol. The summed E-state index contributed by atoms with van der Waals surface area (Å²) in [7, 11) is 1.60. The van der Waals surface area contributed by atoms with Gasteiger partial charge < -0.3 is 14.8 Å². The van der Waals surface area contributed by atoms with Crippen LogP contribution in [0.1, 0.15) is 34.6 Å². The van der Waals surface area contributed by atoms with Gasteiger partial charge in [0, 0.05) is 44.5 Å². The normalized spacial score (nSPS) is 15.3. The van der Waals surface area contributed by atoms with Crippen LogP contribution < -0.4 is 10.1 Å². The van der Waals surface area contributed by atoms with Gasteiger partial charge in [0.05, 0.1) is 17.3 Å². The van der Waals surface area contributed by atoms with Gasteiger partial charge in [0.15, 0.2) is 0 Å². The predicted octanol–water partition coefficient (Wildman–Crippen LogP) is 3.46. The highest BCUT2D eigenvalue weighted by Gasteiger charge is 2.22. The average molecular weight is 418 g/mol. The highest BCUT2D eigenvalue weighted by Crippen LogP contribution is 2.28. The highest BCUT2D eigenvalue weighted by molar-refractivity contribution is 6.32. The molecule has 7 heteroatoms. The molecule has 3 rings (SSSR count). The zero-order valence-corrected chi connectivity index (χ0v) is 17.7. The van der Waals surface area contributed by atoms with Gasteiger partial charge >= 0.3 is 0 Å². The van der Waals surface area contributed by atoms with Gasteiger partial charge in [-0.05, 0) is 50.1 Å². The Morgan fingerprint density at radius 1 is 1.28 bits per heavy atom. The first-order chi connectivity index (χ1) is 14.0. The van der Waals surface area contributed by atoms with E-state index < -0.39 is 0 Å². The molecule has 0 bridgehead atoms. The van der Waals surface area contributed by atoms with Gasteiger partial charge in [0.1, 0.15) is 11.9 Å². The molecule has 0 spiro atoms. The van der Waals surface area contributed by atoms with E-state index in [9.17, 15) is 4.79 Å². The van der Waals surface area contributed by atoms with Gasteiger partial charge in [-0.3, -0.25) is 14.7 Å². The van der Waals surface area contributed by atoms with Crippen molar-refractivity contribution in [1.82, 2.24) is 15.2 Å². The number of nitrogens with zero attached hydrogens (tertiary/aromatic N) is 2. The number of hydrogen-bond donors (Lipinski definition) is 1. The second kappa shape index (κ2) is 10.6. The van der Waals surface area contributed by atoms with E-state index in [0.717, 1.165) is 43.9 Å². The molecule has 2 aromatic rings. The Hall–Kier alpha value is -2.15. The summed E-state index contributed by atoms with van der Waals surface area (Å²) in [6.45, 7) is 5.72. The number of likely N-dealkylation sites (tertiary alicyclic amines) is 1. The molecule has 1 amide bonds. The number of hydrogen-bond acceptors (Lipinski definition) is 5. The molecule has 1 aliphatic rings. The number of ether oxygens (including phenoxy) is 2. The molecule has 1 saturated heterocycles. The van der Waals surface area contributed by atoms with Crippen LogP contribution in [0.2, 0.25) is 5.02 Å². The molecule has 1 N–H and O–H groups in total. The lowest BCUT2D eigenvalue weighted by Gasteiger charge is -2.32. The SMILES string of the molecule is COCCNC(=O)c1ccc(OC2CCN(Cc3cccc(C)n3)CC2)c(Cl)c1. The number of rotatable bonds is 8. The first-order valence-corrected chi connectivity index (χ1v) is 10.3. The summed E-state index contributed by atoms with van der Waals surface area (Å²) in [5.41, 5.74) is 2.66. The molecule has 156 valence electrons. The van der Waals surface area contributed by atoms with Gasteiger partial charge in [-0.2, -0.15) is 0 Å². The van der Waals surface area contributed by atoms with Crippen LogP contribution in [-0.4, -0.2) is 55.2 Å². The van der Waals surface area contributed by atoms with Crippen molar-refractivity contribution < 1.29 is 14.3 Å².